The van der Waals surface area contributed by atoms with Gasteiger partial charge in [-0.1, -0.05) is 6.58 Å². The summed E-state index contributed by atoms with van der Waals surface area (Å²) < 4.78 is 6.33. The second kappa shape index (κ2) is 6.41. The van der Waals surface area contributed by atoms with Crippen molar-refractivity contribution in [1.82, 2.24) is 0 Å². The molecule has 1 aliphatic rings. The fourth-order valence-corrected chi connectivity index (χ4v) is 2.06. The first kappa shape index (κ1) is 12.9. The molecular weight excluding hydrogens is 186 g/mol. The third kappa shape index (κ3) is 3.67. The van der Waals surface area contributed by atoms with Crippen molar-refractivity contribution in [3.63, 3.8) is 0 Å². The van der Waals surface area contributed by atoms with E-state index in [1.807, 2.05) is 6.08 Å². The number of nitrogens with zero attached hydrogens (tertiary/aromatic N) is 1. The minimum atomic E-state index is 0. The van der Waals surface area contributed by atoms with E-state index in [1.54, 1.807) is 7.11 Å². The van der Waals surface area contributed by atoms with Gasteiger partial charge in [0.05, 0.1) is 26.2 Å². The van der Waals surface area contributed by atoms with Gasteiger partial charge in [0, 0.05) is 20.0 Å². The number of ether oxygens (including phenoxy) is 1. The van der Waals surface area contributed by atoms with E-state index in [0.29, 0.717) is 0 Å². The molecule has 0 unspecified atom stereocenters. The van der Waals surface area contributed by atoms with Crippen LogP contribution in [0.25, 0.3) is 0 Å². The summed E-state index contributed by atoms with van der Waals surface area (Å²) >= 11 is 0. The number of quaternary nitrogens is 1. The Morgan fingerprint density at radius 2 is 2.00 bits per heavy atom. The van der Waals surface area contributed by atoms with Gasteiger partial charge >= 0.3 is 0 Å². The molecule has 1 fully saturated rings. The second-order valence-electron chi connectivity index (χ2n) is 3.68. The first-order valence-corrected chi connectivity index (χ1v) is 4.78. The summed E-state index contributed by atoms with van der Waals surface area (Å²) in [5.41, 5.74) is 0. The number of hydrogen-bond donors (Lipinski definition) is 0. The van der Waals surface area contributed by atoms with Crippen molar-refractivity contribution >= 4 is 0 Å². The summed E-state index contributed by atoms with van der Waals surface area (Å²) in [5, 5.41) is 0. The highest BCUT2D eigenvalue weighted by molar-refractivity contribution is 4.68. The molecule has 0 radical (unpaired) electrons. The van der Waals surface area contributed by atoms with Crippen molar-refractivity contribution in [3.8, 4) is 0 Å². The van der Waals surface area contributed by atoms with Gasteiger partial charge in [-0.05, 0) is 6.08 Å². The lowest BCUT2D eigenvalue weighted by atomic mass is 10.4. The van der Waals surface area contributed by atoms with Crippen molar-refractivity contribution in [3.05, 3.63) is 12.7 Å². The molecule has 0 atom stereocenters. The zero-order valence-corrected chi connectivity index (χ0v) is 9.22. The van der Waals surface area contributed by atoms with Crippen LogP contribution in [0.15, 0.2) is 12.7 Å². The number of halogens is 1. The van der Waals surface area contributed by atoms with E-state index in [2.05, 4.69) is 6.58 Å². The highest BCUT2D eigenvalue weighted by Gasteiger charge is 2.29. The topological polar surface area (TPSA) is 9.23 Å². The molecule has 0 amide bonds. The maximum absolute atomic E-state index is 5.13. The molecule has 0 aliphatic carbocycles. The number of likely N-dealkylation sites (tertiary alicyclic amines) is 1. The van der Waals surface area contributed by atoms with Gasteiger partial charge in [0.1, 0.15) is 6.54 Å². The summed E-state index contributed by atoms with van der Waals surface area (Å²) in [6.07, 6.45) is 4.79. The SMILES string of the molecule is C=CC[N+]1(CCOC)CCCC1.[Cl-]. The van der Waals surface area contributed by atoms with Crippen LogP contribution in [0.3, 0.4) is 0 Å². The van der Waals surface area contributed by atoms with Crippen LogP contribution in [0.1, 0.15) is 12.8 Å². The molecule has 1 saturated heterocycles. The molecule has 0 bridgehead atoms. The van der Waals surface area contributed by atoms with Gasteiger partial charge in [-0.25, -0.2) is 0 Å². The van der Waals surface area contributed by atoms with Gasteiger partial charge in [0.2, 0.25) is 0 Å². The van der Waals surface area contributed by atoms with E-state index in [1.165, 1.54) is 30.4 Å². The van der Waals surface area contributed by atoms with Crippen LogP contribution in [0, 0.1) is 0 Å². The van der Waals surface area contributed by atoms with Crippen LogP contribution in [-0.2, 0) is 4.74 Å². The highest BCUT2D eigenvalue weighted by Crippen LogP contribution is 2.18. The molecular formula is C10H20ClNO. The Balaban J connectivity index is 0.00000144. The molecule has 0 spiro atoms. The van der Waals surface area contributed by atoms with E-state index < -0.39 is 0 Å². The molecule has 0 N–H and O–H groups in total. The average Bonchev–Trinajstić information content (AvgIpc) is 2.51. The summed E-state index contributed by atoms with van der Waals surface area (Å²) in [4.78, 5) is 0. The van der Waals surface area contributed by atoms with Gasteiger partial charge in [-0.15, -0.1) is 0 Å². The smallest absolute Gasteiger partial charge is 0.103 e. The number of hydrogen-bond acceptors (Lipinski definition) is 1. The summed E-state index contributed by atoms with van der Waals surface area (Å²) in [6.45, 7) is 9.60. The summed E-state index contributed by atoms with van der Waals surface area (Å²) in [7, 11) is 1.78. The van der Waals surface area contributed by atoms with Crippen molar-refractivity contribution < 1.29 is 21.6 Å². The summed E-state index contributed by atoms with van der Waals surface area (Å²) in [5.74, 6) is 0. The molecule has 0 aromatic rings. The predicted molar refractivity (Wildman–Crippen MR) is 51.0 cm³/mol. The van der Waals surface area contributed by atoms with Crippen molar-refractivity contribution in [2.24, 2.45) is 0 Å². The van der Waals surface area contributed by atoms with Gasteiger partial charge < -0.3 is 21.6 Å². The van der Waals surface area contributed by atoms with Gasteiger partial charge in [-0.2, -0.15) is 0 Å². The van der Waals surface area contributed by atoms with Crippen molar-refractivity contribution in [2.75, 3.05) is 39.9 Å². The Morgan fingerprint density at radius 3 is 2.46 bits per heavy atom. The van der Waals surface area contributed by atoms with E-state index in [4.69, 9.17) is 4.74 Å². The van der Waals surface area contributed by atoms with E-state index >= 15 is 0 Å². The zero-order valence-electron chi connectivity index (χ0n) is 8.47. The summed E-state index contributed by atoms with van der Waals surface area (Å²) in [6, 6.07) is 0. The molecule has 1 rings (SSSR count). The zero-order chi connectivity index (χ0) is 8.86. The molecule has 1 aliphatic heterocycles. The minimum Gasteiger partial charge on any atom is -1.00 e. The molecule has 13 heavy (non-hydrogen) atoms. The molecule has 0 aromatic heterocycles. The maximum Gasteiger partial charge on any atom is 0.103 e. The standard InChI is InChI=1S/C10H20NO.ClH/c1-3-6-11(9-10-12-2)7-4-5-8-11;/h3H,1,4-10H2,2H3;1H/q+1;/p-1. The minimum absolute atomic E-state index is 0. The lowest BCUT2D eigenvalue weighted by molar-refractivity contribution is -0.911. The van der Waals surface area contributed by atoms with Gasteiger partial charge in [-0.3, -0.25) is 0 Å². The quantitative estimate of drug-likeness (QED) is 0.390. The Kier molecular flexibility index (Phi) is 6.39. The first-order valence-electron chi connectivity index (χ1n) is 4.78. The fraction of sp³-hybridized carbons (Fsp3) is 0.800. The Morgan fingerprint density at radius 1 is 1.38 bits per heavy atom. The molecule has 1 heterocycles. The van der Waals surface area contributed by atoms with Crippen LogP contribution in [0.2, 0.25) is 0 Å². The first-order chi connectivity index (χ1) is 5.83. The molecule has 0 aromatic carbocycles. The maximum atomic E-state index is 5.13. The van der Waals surface area contributed by atoms with E-state index in [0.717, 1.165) is 19.7 Å². The van der Waals surface area contributed by atoms with Crippen LogP contribution in [-0.4, -0.2) is 44.4 Å². The average molecular weight is 206 g/mol. The fourth-order valence-electron chi connectivity index (χ4n) is 2.06. The monoisotopic (exact) mass is 205 g/mol. The van der Waals surface area contributed by atoms with Crippen LogP contribution in [0.4, 0.5) is 0 Å². The lowest BCUT2D eigenvalue weighted by Gasteiger charge is -2.32. The number of methoxy groups -OCH3 is 1. The molecule has 0 saturated carbocycles. The molecule has 78 valence electrons. The van der Waals surface area contributed by atoms with Gasteiger partial charge in [0.15, 0.2) is 0 Å². The van der Waals surface area contributed by atoms with Crippen molar-refractivity contribution in [2.45, 2.75) is 12.8 Å². The second-order valence-corrected chi connectivity index (χ2v) is 3.68. The van der Waals surface area contributed by atoms with Crippen LogP contribution < -0.4 is 12.4 Å². The van der Waals surface area contributed by atoms with Crippen LogP contribution >= 0.6 is 0 Å². The third-order valence-corrected chi connectivity index (χ3v) is 2.80. The third-order valence-electron chi connectivity index (χ3n) is 2.80. The molecule has 3 heteroatoms. The highest BCUT2D eigenvalue weighted by atomic mass is 35.5. The van der Waals surface area contributed by atoms with Crippen molar-refractivity contribution in [1.29, 1.82) is 0 Å². The lowest BCUT2D eigenvalue weighted by Crippen LogP contribution is -3.00. The number of rotatable bonds is 5. The van der Waals surface area contributed by atoms with Crippen LogP contribution in [0.5, 0.6) is 0 Å². The van der Waals surface area contributed by atoms with E-state index in [-0.39, 0.29) is 12.4 Å². The van der Waals surface area contributed by atoms with E-state index in [9.17, 15) is 0 Å². The Hall–Kier alpha value is -0.0500. The normalized spacial score (nSPS) is 19.5. The Bertz CT molecular complexity index is 144. The largest absolute Gasteiger partial charge is 1.00 e. The Labute approximate surface area is 87.6 Å². The predicted octanol–water partition coefficient (Wildman–Crippen LogP) is -1.57. The van der Waals surface area contributed by atoms with Gasteiger partial charge in [0.25, 0.3) is 0 Å². The molecule has 2 nitrogen and oxygen atoms in total.